The van der Waals surface area contributed by atoms with E-state index >= 15 is 0 Å². The van der Waals surface area contributed by atoms with E-state index in [0.717, 1.165) is 6.26 Å². The minimum absolute atomic E-state index is 0.299. The Morgan fingerprint density at radius 1 is 1.50 bits per heavy atom. The van der Waals surface area contributed by atoms with Crippen LogP contribution in [0.25, 0.3) is 0 Å². The molecule has 1 aromatic rings. The summed E-state index contributed by atoms with van der Waals surface area (Å²) in [4.78, 5) is 2.86. The molecule has 0 aliphatic heterocycles. The Morgan fingerprint density at radius 2 is 2.10 bits per heavy atom. The zero-order valence-electron chi connectivity index (χ0n) is 4.44. The SMILES string of the molecule is FC(F)(F)c1nc(Cl)co1. The molecule has 0 spiro atoms. The molecule has 0 fully saturated rings. The summed E-state index contributed by atoms with van der Waals surface area (Å²) in [5.74, 6) is -1.32. The summed E-state index contributed by atoms with van der Waals surface area (Å²) in [6, 6.07) is 0. The molecule has 0 saturated carbocycles. The van der Waals surface area contributed by atoms with Crippen molar-refractivity contribution in [3.05, 3.63) is 17.3 Å². The first-order valence-electron chi connectivity index (χ1n) is 2.18. The smallest absolute Gasteiger partial charge is 0.440 e. The zero-order chi connectivity index (χ0) is 7.78. The summed E-state index contributed by atoms with van der Waals surface area (Å²) in [6.07, 6.45) is -3.82. The van der Waals surface area contributed by atoms with Crippen LogP contribution in [0.15, 0.2) is 10.7 Å². The van der Waals surface area contributed by atoms with Gasteiger partial charge in [-0.1, -0.05) is 11.6 Å². The first-order chi connectivity index (χ1) is 4.50. The molecule has 10 heavy (non-hydrogen) atoms. The fourth-order valence-corrected chi connectivity index (χ4v) is 0.506. The van der Waals surface area contributed by atoms with Gasteiger partial charge in [0.2, 0.25) is 0 Å². The summed E-state index contributed by atoms with van der Waals surface area (Å²) in [5, 5.41) is -0.299. The van der Waals surface area contributed by atoms with Crippen molar-refractivity contribution in [2.45, 2.75) is 6.18 Å². The standard InChI is InChI=1S/C4HClF3NO/c5-2-1-10-3(9-2)4(6,7)8/h1H. The highest BCUT2D eigenvalue weighted by Gasteiger charge is 2.36. The maximum absolute atomic E-state index is 11.6. The van der Waals surface area contributed by atoms with E-state index in [1.807, 2.05) is 0 Å². The van der Waals surface area contributed by atoms with Crippen molar-refractivity contribution in [1.82, 2.24) is 4.98 Å². The van der Waals surface area contributed by atoms with Gasteiger partial charge in [0, 0.05) is 0 Å². The van der Waals surface area contributed by atoms with Gasteiger partial charge in [-0.15, -0.1) is 0 Å². The Labute approximate surface area is 58.6 Å². The highest BCUT2D eigenvalue weighted by Crippen LogP contribution is 2.28. The third kappa shape index (κ3) is 1.41. The molecule has 2 nitrogen and oxygen atoms in total. The number of halogens is 4. The number of alkyl halides is 3. The fourth-order valence-electron chi connectivity index (χ4n) is 0.384. The van der Waals surface area contributed by atoms with Crippen LogP contribution in [-0.2, 0) is 6.18 Å². The van der Waals surface area contributed by atoms with Crippen molar-refractivity contribution in [3.8, 4) is 0 Å². The predicted octanol–water partition coefficient (Wildman–Crippen LogP) is 2.35. The van der Waals surface area contributed by atoms with Crippen LogP contribution >= 0.6 is 11.6 Å². The van der Waals surface area contributed by atoms with E-state index < -0.39 is 12.1 Å². The largest absolute Gasteiger partial charge is 0.468 e. The molecule has 0 aliphatic rings. The molecule has 0 radical (unpaired) electrons. The molecule has 0 N–H and O–H groups in total. The lowest BCUT2D eigenvalue weighted by atomic mass is 10.7. The van der Waals surface area contributed by atoms with Gasteiger partial charge >= 0.3 is 12.1 Å². The van der Waals surface area contributed by atoms with E-state index in [0.29, 0.717) is 0 Å². The van der Waals surface area contributed by atoms with Crippen molar-refractivity contribution < 1.29 is 17.6 Å². The van der Waals surface area contributed by atoms with Crippen LogP contribution < -0.4 is 0 Å². The molecular formula is C4HClF3NO. The second-order valence-corrected chi connectivity index (χ2v) is 1.86. The normalized spacial score (nSPS) is 12.0. The zero-order valence-corrected chi connectivity index (χ0v) is 5.20. The van der Waals surface area contributed by atoms with Crippen molar-refractivity contribution in [1.29, 1.82) is 0 Å². The molecule has 0 saturated heterocycles. The Bertz CT molecular complexity index is 231. The highest BCUT2D eigenvalue weighted by atomic mass is 35.5. The van der Waals surface area contributed by atoms with Crippen molar-refractivity contribution in [3.63, 3.8) is 0 Å². The van der Waals surface area contributed by atoms with Gasteiger partial charge in [0.25, 0.3) is 0 Å². The topological polar surface area (TPSA) is 26.0 Å². The van der Waals surface area contributed by atoms with Crippen LogP contribution in [0.2, 0.25) is 5.15 Å². The van der Waals surface area contributed by atoms with Gasteiger partial charge in [-0.05, 0) is 0 Å². The summed E-state index contributed by atoms with van der Waals surface area (Å²) in [7, 11) is 0. The molecule has 1 heterocycles. The molecule has 6 heteroatoms. The quantitative estimate of drug-likeness (QED) is 0.599. The number of nitrogens with zero attached hydrogens (tertiary/aromatic N) is 1. The van der Waals surface area contributed by atoms with E-state index in [1.54, 1.807) is 0 Å². The molecule has 56 valence electrons. The number of rotatable bonds is 0. The number of hydrogen-bond acceptors (Lipinski definition) is 2. The molecule has 0 atom stereocenters. The van der Waals surface area contributed by atoms with Gasteiger partial charge in [-0.3, -0.25) is 0 Å². The van der Waals surface area contributed by atoms with Crippen LogP contribution in [0.4, 0.5) is 13.2 Å². The van der Waals surface area contributed by atoms with Crippen LogP contribution in [0.5, 0.6) is 0 Å². The molecule has 0 aliphatic carbocycles. The molecule has 0 amide bonds. The van der Waals surface area contributed by atoms with Crippen molar-refractivity contribution in [2.75, 3.05) is 0 Å². The monoisotopic (exact) mass is 171 g/mol. The minimum atomic E-state index is -4.55. The van der Waals surface area contributed by atoms with E-state index in [1.165, 1.54) is 0 Å². The number of aromatic nitrogens is 1. The Morgan fingerprint density at radius 3 is 2.30 bits per heavy atom. The Kier molecular flexibility index (Phi) is 1.60. The third-order valence-electron chi connectivity index (χ3n) is 0.719. The molecule has 0 bridgehead atoms. The lowest BCUT2D eigenvalue weighted by Gasteiger charge is -1.96. The maximum Gasteiger partial charge on any atom is 0.468 e. The van der Waals surface area contributed by atoms with Gasteiger partial charge < -0.3 is 4.42 Å². The average Bonchev–Trinajstić information content (AvgIpc) is 2.11. The minimum Gasteiger partial charge on any atom is -0.440 e. The highest BCUT2D eigenvalue weighted by molar-refractivity contribution is 6.29. The van der Waals surface area contributed by atoms with Crippen molar-refractivity contribution in [2.24, 2.45) is 0 Å². The summed E-state index contributed by atoms with van der Waals surface area (Å²) in [5.41, 5.74) is 0. The summed E-state index contributed by atoms with van der Waals surface area (Å²) >= 11 is 5.06. The van der Waals surface area contributed by atoms with Gasteiger partial charge in [-0.2, -0.15) is 18.2 Å². The third-order valence-corrected chi connectivity index (χ3v) is 0.892. The lowest BCUT2D eigenvalue weighted by molar-refractivity contribution is -0.157. The van der Waals surface area contributed by atoms with E-state index in [2.05, 4.69) is 9.40 Å². The summed E-state index contributed by atoms with van der Waals surface area (Å²) in [6.45, 7) is 0. The van der Waals surface area contributed by atoms with Crippen LogP contribution in [0, 0.1) is 0 Å². The Hall–Kier alpha value is -0.710. The molecule has 1 aromatic heterocycles. The van der Waals surface area contributed by atoms with E-state index in [-0.39, 0.29) is 5.15 Å². The second kappa shape index (κ2) is 2.16. The number of oxazole rings is 1. The van der Waals surface area contributed by atoms with Gasteiger partial charge in [0.15, 0.2) is 5.15 Å². The van der Waals surface area contributed by atoms with Gasteiger partial charge in [0.1, 0.15) is 6.26 Å². The van der Waals surface area contributed by atoms with Crippen LogP contribution in [0.3, 0.4) is 0 Å². The van der Waals surface area contributed by atoms with Gasteiger partial charge in [0.05, 0.1) is 0 Å². The molecule has 0 aromatic carbocycles. The second-order valence-electron chi connectivity index (χ2n) is 1.47. The molecular weight excluding hydrogens is 170 g/mol. The lowest BCUT2D eigenvalue weighted by Crippen LogP contribution is -2.04. The van der Waals surface area contributed by atoms with Crippen LogP contribution in [0.1, 0.15) is 5.89 Å². The first kappa shape index (κ1) is 7.40. The molecule has 0 unspecified atom stereocenters. The fraction of sp³-hybridized carbons (Fsp3) is 0.250. The Balaban J connectivity index is 2.96. The average molecular weight is 172 g/mol. The maximum atomic E-state index is 11.6. The predicted molar refractivity (Wildman–Crippen MR) is 26.5 cm³/mol. The summed E-state index contributed by atoms with van der Waals surface area (Å²) < 4.78 is 38.7. The first-order valence-corrected chi connectivity index (χ1v) is 2.56. The molecule has 1 rings (SSSR count). The van der Waals surface area contributed by atoms with E-state index in [9.17, 15) is 13.2 Å². The van der Waals surface area contributed by atoms with Crippen LogP contribution in [-0.4, -0.2) is 4.98 Å². The number of hydrogen-bond donors (Lipinski definition) is 0. The van der Waals surface area contributed by atoms with E-state index in [4.69, 9.17) is 11.6 Å². The van der Waals surface area contributed by atoms with Crippen molar-refractivity contribution >= 4 is 11.6 Å². The van der Waals surface area contributed by atoms with Gasteiger partial charge in [-0.25, -0.2) is 0 Å².